The van der Waals surface area contributed by atoms with Gasteiger partial charge in [0, 0.05) is 18.8 Å². The van der Waals surface area contributed by atoms with Crippen molar-refractivity contribution in [3.8, 4) is 0 Å². The van der Waals surface area contributed by atoms with Crippen LogP contribution in [-0.2, 0) is 6.54 Å². The van der Waals surface area contributed by atoms with Gasteiger partial charge in [-0.05, 0) is 37.8 Å². The molecule has 24 heavy (non-hydrogen) atoms. The Morgan fingerprint density at radius 1 is 1.17 bits per heavy atom. The predicted molar refractivity (Wildman–Crippen MR) is 97.1 cm³/mol. The lowest BCUT2D eigenvalue weighted by Crippen LogP contribution is -2.26. The maximum atomic E-state index is 12.2. The van der Waals surface area contributed by atoms with Gasteiger partial charge in [0.1, 0.15) is 5.69 Å². The van der Waals surface area contributed by atoms with Crippen LogP contribution in [0.3, 0.4) is 0 Å². The highest BCUT2D eigenvalue weighted by atomic mass is 16.1. The second-order valence-corrected chi connectivity index (χ2v) is 6.50. The Kier molecular flexibility index (Phi) is 6.29. The molecule has 1 aromatic carbocycles. The molecular formula is C19H26N4O. The summed E-state index contributed by atoms with van der Waals surface area (Å²) in [7, 11) is 0. The summed E-state index contributed by atoms with van der Waals surface area (Å²) in [4.78, 5) is 20.9. The summed E-state index contributed by atoms with van der Waals surface area (Å²) in [6.07, 6.45) is 0.953. The van der Waals surface area contributed by atoms with Gasteiger partial charge in [-0.2, -0.15) is 0 Å². The lowest BCUT2D eigenvalue weighted by Gasteiger charge is -2.10. The summed E-state index contributed by atoms with van der Waals surface area (Å²) in [6, 6.07) is 9.96. The predicted octanol–water partition coefficient (Wildman–Crippen LogP) is 3.48. The Morgan fingerprint density at radius 3 is 2.67 bits per heavy atom. The van der Waals surface area contributed by atoms with E-state index in [2.05, 4.69) is 59.6 Å². The third-order valence-electron chi connectivity index (χ3n) is 3.63. The van der Waals surface area contributed by atoms with E-state index in [0.717, 1.165) is 17.7 Å². The largest absolute Gasteiger partial charge is 0.351 e. The van der Waals surface area contributed by atoms with Gasteiger partial charge in [-0.15, -0.1) is 0 Å². The molecule has 0 fully saturated rings. The molecule has 0 aliphatic rings. The van der Waals surface area contributed by atoms with Gasteiger partial charge in [0.2, 0.25) is 5.95 Å². The van der Waals surface area contributed by atoms with Gasteiger partial charge in [0.25, 0.3) is 5.91 Å². The highest BCUT2D eigenvalue weighted by Crippen LogP contribution is 2.09. The van der Waals surface area contributed by atoms with Gasteiger partial charge < -0.3 is 10.6 Å². The van der Waals surface area contributed by atoms with Crippen LogP contribution in [0.2, 0.25) is 0 Å². The van der Waals surface area contributed by atoms with Crippen LogP contribution in [0.5, 0.6) is 0 Å². The van der Waals surface area contributed by atoms with Crippen molar-refractivity contribution in [2.24, 2.45) is 5.92 Å². The van der Waals surface area contributed by atoms with E-state index in [1.807, 2.05) is 13.0 Å². The zero-order valence-corrected chi connectivity index (χ0v) is 14.9. The number of benzene rings is 1. The molecule has 0 unspecified atom stereocenters. The molecule has 0 spiro atoms. The first-order valence-corrected chi connectivity index (χ1v) is 8.37. The first-order chi connectivity index (χ1) is 11.4. The Labute approximate surface area is 143 Å². The van der Waals surface area contributed by atoms with Gasteiger partial charge in [-0.25, -0.2) is 9.97 Å². The molecule has 0 aliphatic carbocycles. The van der Waals surface area contributed by atoms with Crippen molar-refractivity contribution >= 4 is 11.9 Å². The molecule has 0 atom stereocenters. The third-order valence-corrected chi connectivity index (χ3v) is 3.63. The monoisotopic (exact) mass is 326 g/mol. The highest BCUT2D eigenvalue weighted by molar-refractivity contribution is 5.92. The van der Waals surface area contributed by atoms with Crippen molar-refractivity contribution in [1.29, 1.82) is 0 Å². The van der Waals surface area contributed by atoms with Crippen LogP contribution in [0.4, 0.5) is 5.95 Å². The molecule has 128 valence electrons. The molecule has 2 N–H and O–H groups in total. The van der Waals surface area contributed by atoms with Crippen molar-refractivity contribution in [3.05, 3.63) is 52.8 Å². The minimum Gasteiger partial charge on any atom is -0.351 e. The summed E-state index contributed by atoms with van der Waals surface area (Å²) in [5.41, 5.74) is 3.54. The molecular weight excluding hydrogens is 300 g/mol. The Balaban J connectivity index is 2.01. The van der Waals surface area contributed by atoms with Gasteiger partial charge in [0.05, 0.1) is 0 Å². The summed E-state index contributed by atoms with van der Waals surface area (Å²) >= 11 is 0. The fourth-order valence-electron chi connectivity index (χ4n) is 2.33. The summed E-state index contributed by atoms with van der Waals surface area (Å²) in [5, 5.41) is 6.11. The maximum Gasteiger partial charge on any atom is 0.270 e. The van der Waals surface area contributed by atoms with E-state index in [4.69, 9.17) is 0 Å². The van der Waals surface area contributed by atoms with E-state index in [-0.39, 0.29) is 5.91 Å². The smallest absolute Gasteiger partial charge is 0.270 e. The summed E-state index contributed by atoms with van der Waals surface area (Å²) in [6.45, 7) is 9.48. The Hall–Kier alpha value is -2.43. The lowest BCUT2D eigenvalue weighted by atomic mass is 10.1. The summed E-state index contributed by atoms with van der Waals surface area (Å²) in [5.74, 6) is 0.884. The van der Waals surface area contributed by atoms with Crippen molar-refractivity contribution in [1.82, 2.24) is 15.3 Å². The van der Waals surface area contributed by atoms with Crippen molar-refractivity contribution in [3.63, 3.8) is 0 Å². The first-order valence-electron chi connectivity index (χ1n) is 8.37. The maximum absolute atomic E-state index is 12.2. The quantitative estimate of drug-likeness (QED) is 0.817. The van der Waals surface area contributed by atoms with Crippen LogP contribution in [0.15, 0.2) is 30.3 Å². The van der Waals surface area contributed by atoms with E-state index in [9.17, 15) is 4.79 Å². The minimum absolute atomic E-state index is 0.153. The first kappa shape index (κ1) is 17.9. The highest BCUT2D eigenvalue weighted by Gasteiger charge is 2.10. The number of amides is 1. The number of carbonyl (C=O) groups is 1. The van der Waals surface area contributed by atoms with Gasteiger partial charge in [-0.3, -0.25) is 4.79 Å². The minimum atomic E-state index is -0.153. The number of aryl methyl sites for hydroxylation is 2. The number of nitrogens with one attached hydrogen (secondary N) is 2. The fraction of sp³-hybridized carbons (Fsp3) is 0.421. The average molecular weight is 326 g/mol. The fourth-order valence-corrected chi connectivity index (χ4v) is 2.33. The van der Waals surface area contributed by atoms with Crippen LogP contribution < -0.4 is 10.6 Å². The number of hydrogen-bond donors (Lipinski definition) is 2. The molecule has 5 nitrogen and oxygen atoms in total. The average Bonchev–Trinajstić information content (AvgIpc) is 2.52. The normalized spacial score (nSPS) is 10.7. The number of aromatic nitrogens is 2. The van der Waals surface area contributed by atoms with Crippen LogP contribution in [0.25, 0.3) is 0 Å². The molecule has 0 bridgehead atoms. The number of rotatable bonds is 7. The van der Waals surface area contributed by atoms with Gasteiger partial charge in [-0.1, -0.05) is 43.7 Å². The molecule has 1 heterocycles. The van der Waals surface area contributed by atoms with Crippen molar-refractivity contribution < 1.29 is 4.79 Å². The molecule has 0 aliphatic heterocycles. The van der Waals surface area contributed by atoms with E-state index in [1.165, 1.54) is 5.56 Å². The van der Waals surface area contributed by atoms with Crippen molar-refractivity contribution in [2.75, 3.05) is 11.9 Å². The van der Waals surface area contributed by atoms with Crippen molar-refractivity contribution in [2.45, 2.75) is 40.7 Å². The number of nitrogens with zero attached hydrogens (tertiary/aromatic N) is 2. The lowest BCUT2D eigenvalue weighted by molar-refractivity contribution is 0.0947. The third kappa shape index (κ3) is 5.65. The van der Waals surface area contributed by atoms with E-state index < -0.39 is 0 Å². The standard InChI is InChI=1S/C19H26N4O/c1-13(2)8-9-20-18(24)17-11-15(4)22-19(23-17)21-12-16-7-5-6-14(3)10-16/h5-7,10-11,13H,8-9,12H2,1-4H3,(H,20,24)(H,21,22,23). The molecule has 0 radical (unpaired) electrons. The Morgan fingerprint density at radius 2 is 1.96 bits per heavy atom. The second-order valence-electron chi connectivity index (χ2n) is 6.50. The molecule has 0 saturated carbocycles. The molecule has 0 saturated heterocycles. The number of anilines is 1. The molecule has 2 aromatic rings. The van der Waals surface area contributed by atoms with E-state index in [0.29, 0.717) is 30.6 Å². The summed E-state index contributed by atoms with van der Waals surface area (Å²) < 4.78 is 0. The Bertz CT molecular complexity index is 698. The van der Waals surface area contributed by atoms with Crippen LogP contribution in [0, 0.1) is 19.8 Å². The molecule has 1 amide bonds. The van der Waals surface area contributed by atoms with Gasteiger partial charge >= 0.3 is 0 Å². The van der Waals surface area contributed by atoms with E-state index in [1.54, 1.807) is 6.07 Å². The van der Waals surface area contributed by atoms with E-state index >= 15 is 0 Å². The zero-order valence-electron chi connectivity index (χ0n) is 14.9. The van der Waals surface area contributed by atoms with Crippen LogP contribution >= 0.6 is 0 Å². The number of hydrogen-bond acceptors (Lipinski definition) is 4. The SMILES string of the molecule is Cc1cccc(CNc2nc(C)cc(C(=O)NCCC(C)C)n2)c1. The molecule has 2 rings (SSSR count). The number of carbonyl (C=O) groups excluding carboxylic acids is 1. The topological polar surface area (TPSA) is 66.9 Å². The molecule has 1 aromatic heterocycles. The van der Waals surface area contributed by atoms with Crippen LogP contribution in [0.1, 0.15) is 47.6 Å². The van der Waals surface area contributed by atoms with Crippen LogP contribution in [-0.4, -0.2) is 22.4 Å². The van der Waals surface area contributed by atoms with Gasteiger partial charge in [0.15, 0.2) is 0 Å². The zero-order chi connectivity index (χ0) is 17.5. The molecule has 5 heteroatoms. The second kappa shape index (κ2) is 8.43.